The van der Waals surface area contributed by atoms with Crippen molar-refractivity contribution in [2.75, 3.05) is 0 Å². The summed E-state index contributed by atoms with van der Waals surface area (Å²) in [4.78, 5) is 8.26. The Balaban J connectivity index is 1.79. The maximum Gasteiger partial charge on any atom is 0.127 e. The van der Waals surface area contributed by atoms with Gasteiger partial charge in [-0.1, -0.05) is 30.5 Å². The number of rotatable bonds is 1. The molecule has 0 bridgehead atoms. The van der Waals surface area contributed by atoms with Crippen LogP contribution in [0.5, 0.6) is 0 Å². The fourth-order valence-corrected chi connectivity index (χ4v) is 3.56. The van der Waals surface area contributed by atoms with E-state index in [1.54, 1.807) is 0 Å². The van der Waals surface area contributed by atoms with Gasteiger partial charge in [0.25, 0.3) is 0 Å². The van der Waals surface area contributed by atoms with E-state index in [0.29, 0.717) is 0 Å². The number of nitrogens with one attached hydrogen (secondary N) is 1. The minimum atomic E-state index is -0.239. The normalized spacial score (nSPS) is 19.5. The number of halogens is 1. The number of hydrogen-bond donors (Lipinski definition) is 2. The molecule has 0 saturated heterocycles. The van der Waals surface area contributed by atoms with Crippen molar-refractivity contribution in [3.8, 4) is 11.3 Å². The fraction of sp³-hybridized carbons (Fsp3) is 0.400. The molecule has 2 aromatic rings. The summed E-state index contributed by atoms with van der Waals surface area (Å²) in [5.41, 5.74) is 10.9. The first-order valence-corrected chi connectivity index (χ1v) is 7.21. The highest BCUT2D eigenvalue weighted by molar-refractivity contribution is 6.30. The molecular weight excluding hydrogens is 258 g/mol. The summed E-state index contributed by atoms with van der Waals surface area (Å²) in [5.74, 6) is 0.968. The van der Waals surface area contributed by atoms with Crippen LogP contribution >= 0.6 is 11.6 Å². The van der Waals surface area contributed by atoms with Crippen molar-refractivity contribution in [3.63, 3.8) is 0 Å². The third-order valence-electron chi connectivity index (χ3n) is 4.44. The minimum Gasteiger partial charge on any atom is -0.343 e. The molecule has 3 nitrogen and oxygen atoms in total. The van der Waals surface area contributed by atoms with E-state index >= 15 is 0 Å². The molecule has 1 heterocycles. The van der Waals surface area contributed by atoms with E-state index in [0.717, 1.165) is 35.8 Å². The largest absolute Gasteiger partial charge is 0.343 e. The number of nitrogens with two attached hydrogens (primary N) is 1. The average molecular weight is 274 g/mol. The third-order valence-corrected chi connectivity index (χ3v) is 4.67. The Bertz CT molecular complexity index is 653. The molecule has 0 radical (unpaired) electrons. The zero-order valence-electron chi connectivity index (χ0n) is 10.7. The summed E-state index contributed by atoms with van der Waals surface area (Å²) >= 11 is 6.04. The molecule has 1 saturated carbocycles. The third kappa shape index (κ3) is 1.65. The molecule has 98 valence electrons. The van der Waals surface area contributed by atoms with Crippen LogP contribution in [0, 0.1) is 0 Å². The van der Waals surface area contributed by atoms with Crippen LogP contribution in [0.1, 0.15) is 42.8 Å². The number of aromatic nitrogens is 2. The molecule has 1 aromatic carbocycles. The van der Waals surface area contributed by atoms with Crippen LogP contribution in [-0.4, -0.2) is 9.97 Å². The zero-order chi connectivity index (χ0) is 13.0. The number of H-pyrrole nitrogens is 1. The SMILES string of the molecule is NC1(c2nc3c([nH]2)Cc2cc(Cl)ccc2-3)CCCC1. The number of aromatic amines is 1. The lowest BCUT2D eigenvalue weighted by Gasteiger charge is -2.20. The summed E-state index contributed by atoms with van der Waals surface area (Å²) in [6.45, 7) is 0. The lowest BCUT2D eigenvalue weighted by Crippen LogP contribution is -2.34. The molecule has 3 N–H and O–H groups in total. The molecule has 0 spiro atoms. The molecule has 19 heavy (non-hydrogen) atoms. The van der Waals surface area contributed by atoms with Crippen molar-refractivity contribution in [1.82, 2.24) is 9.97 Å². The molecule has 0 atom stereocenters. The second-order valence-electron chi connectivity index (χ2n) is 5.75. The van der Waals surface area contributed by atoms with Gasteiger partial charge >= 0.3 is 0 Å². The van der Waals surface area contributed by atoms with Crippen LogP contribution in [0.25, 0.3) is 11.3 Å². The van der Waals surface area contributed by atoms with Crippen molar-refractivity contribution in [3.05, 3.63) is 40.3 Å². The van der Waals surface area contributed by atoms with Gasteiger partial charge in [0, 0.05) is 22.7 Å². The number of hydrogen-bond acceptors (Lipinski definition) is 2. The second kappa shape index (κ2) is 3.84. The average Bonchev–Trinajstić information content (AvgIpc) is 3.02. The Morgan fingerprint density at radius 1 is 1.26 bits per heavy atom. The van der Waals surface area contributed by atoms with E-state index in [4.69, 9.17) is 22.3 Å². The quantitative estimate of drug-likeness (QED) is 0.714. The van der Waals surface area contributed by atoms with E-state index < -0.39 is 0 Å². The summed E-state index contributed by atoms with van der Waals surface area (Å²) in [6.07, 6.45) is 5.36. The Morgan fingerprint density at radius 3 is 2.84 bits per heavy atom. The lowest BCUT2D eigenvalue weighted by atomic mass is 9.98. The Labute approximate surface area is 117 Å². The maximum absolute atomic E-state index is 6.47. The van der Waals surface area contributed by atoms with Gasteiger partial charge in [0.05, 0.1) is 11.2 Å². The standard InChI is InChI=1S/C15H16ClN3/c16-10-3-4-11-9(7-10)8-12-13(11)19-14(18-12)15(17)5-1-2-6-15/h3-4,7H,1-2,5-6,8,17H2,(H,18,19). The molecule has 4 heteroatoms. The molecule has 0 amide bonds. The van der Waals surface area contributed by atoms with E-state index in [-0.39, 0.29) is 5.54 Å². The van der Waals surface area contributed by atoms with Crippen LogP contribution < -0.4 is 5.73 Å². The first-order chi connectivity index (χ1) is 9.16. The fourth-order valence-electron chi connectivity index (χ4n) is 3.37. The first-order valence-electron chi connectivity index (χ1n) is 6.83. The molecule has 0 unspecified atom stereocenters. The van der Waals surface area contributed by atoms with Gasteiger partial charge in [-0.3, -0.25) is 0 Å². The highest BCUT2D eigenvalue weighted by Gasteiger charge is 2.36. The predicted octanol–water partition coefficient (Wildman–Crippen LogP) is 3.36. The van der Waals surface area contributed by atoms with Crippen LogP contribution in [0.15, 0.2) is 18.2 Å². The first kappa shape index (κ1) is 11.5. The lowest BCUT2D eigenvalue weighted by molar-refractivity contribution is 0.435. The van der Waals surface area contributed by atoms with E-state index in [2.05, 4.69) is 11.1 Å². The van der Waals surface area contributed by atoms with Crippen molar-refractivity contribution >= 4 is 11.6 Å². The topological polar surface area (TPSA) is 54.7 Å². The van der Waals surface area contributed by atoms with Gasteiger partial charge in [-0.15, -0.1) is 0 Å². The Hall–Kier alpha value is -1.32. The molecule has 0 aliphatic heterocycles. The van der Waals surface area contributed by atoms with Gasteiger partial charge in [0.2, 0.25) is 0 Å². The number of nitrogens with zero attached hydrogens (tertiary/aromatic N) is 1. The highest BCUT2D eigenvalue weighted by atomic mass is 35.5. The number of benzene rings is 1. The smallest absolute Gasteiger partial charge is 0.127 e. The monoisotopic (exact) mass is 273 g/mol. The van der Waals surface area contributed by atoms with Gasteiger partial charge in [-0.25, -0.2) is 4.98 Å². The van der Waals surface area contributed by atoms with E-state index in [1.165, 1.54) is 29.7 Å². The van der Waals surface area contributed by atoms with Crippen LogP contribution in [0.4, 0.5) is 0 Å². The summed E-state index contributed by atoms with van der Waals surface area (Å²) in [5, 5.41) is 0.787. The molecule has 1 fully saturated rings. The van der Waals surface area contributed by atoms with E-state index in [1.807, 2.05) is 12.1 Å². The van der Waals surface area contributed by atoms with Crippen LogP contribution in [-0.2, 0) is 12.0 Å². The van der Waals surface area contributed by atoms with Crippen LogP contribution in [0.2, 0.25) is 5.02 Å². The predicted molar refractivity (Wildman–Crippen MR) is 76.2 cm³/mol. The van der Waals surface area contributed by atoms with Gasteiger partial charge < -0.3 is 10.7 Å². The van der Waals surface area contributed by atoms with Crippen LogP contribution in [0.3, 0.4) is 0 Å². The number of fused-ring (bicyclic) bond motifs is 3. The summed E-state index contributed by atoms with van der Waals surface area (Å²) in [6, 6.07) is 6.02. The molecule has 2 aliphatic rings. The minimum absolute atomic E-state index is 0.239. The maximum atomic E-state index is 6.47. The van der Waals surface area contributed by atoms with Gasteiger partial charge in [0.1, 0.15) is 5.82 Å². The zero-order valence-corrected chi connectivity index (χ0v) is 11.4. The van der Waals surface area contributed by atoms with Crippen molar-refractivity contribution in [2.24, 2.45) is 5.73 Å². The molecular formula is C15H16ClN3. The van der Waals surface area contributed by atoms with Gasteiger partial charge in [-0.05, 0) is 30.5 Å². The van der Waals surface area contributed by atoms with E-state index in [9.17, 15) is 0 Å². The second-order valence-corrected chi connectivity index (χ2v) is 6.19. The van der Waals surface area contributed by atoms with Crippen molar-refractivity contribution in [1.29, 1.82) is 0 Å². The number of imidazole rings is 1. The molecule has 1 aromatic heterocycles. The van der Waals surface area contributed by atoms with Crippen molar-refractivity contribution < 1.29 is 0 Å². The van der Waals surface area contributed by atoms with Crippen molar-refractivity contribution in [2.45, 2.75) is 37.6 Å². The van der Waals surface area contributed by atoms with Gasteiger partial charge in [0.15, 0.2) is 0 Å². The summed E-state index contributed by atoms with van der Waals surface area (Å²) < 4.78 is 0. The van der Waals surface area contributed by atoms with Gasteiger partial charge in [-0.2, -0.15) is 0 Å². The molecule has 2 aliphatic carbocycles. The Morgan fingerprint density at radius 2 is 2.05 bits per heavy atom. The Kier molecular flexibility index (Phi) is 2.32. The summed E-state index contributed by atoms with van der Waals surface area (Å²) in [7, 11) is 0. The highest BCUT2D eigenvalue weighted by Crippen LogP contribution is 2.40. The molecule has 4 rings (SSSR count).